The first-order chi connectivity index (χ1) is 18.9. The van der Waals surface area contributed by atoms with E-state index in [-0.39, 0.29) is 17.3 Å². The molecule has 8 heteroatoms. The Morgan fingerprint density at radius 2 is 1.64 bits per heavy atom. The highest BCUT2D eigenvalue weighted by atomic mass is 16.6. The maximum atomic E-state index is 14.0. The Labute approximate surface area is 231 Å². The Hall–Kier alpha value is -2.74. The highest BCUT2D eigenvalue weighted by Crippen LogP contribution is 2.44. The maximum absolute atomic E-state index is 14.0. The Morgan fingerprint density at radius 3 is 2.26 bits per heavy atom. The molecule has 8 nitrogen and oxygen atoms in total. The number of likely N-dealkylation sites (tertiary alicyclic amines) is 1. The molecule has 0 spiro atoms. The second kappa shape index (κ2) is 12.2. The molecule has 1 aromatic carbocycles. The molecule has 1 N–H and O–H groups in total. The average molecular weight is 537 g/mol. The Bertz CT molecular complexity index is 1230. The van der Waals surface area contributed by atoms with E-state index in [2.05, 4.69) is 28.9 Å². The molecule has 2 saturated carbocycles. The maximum Gasteiger partial charge on any atom is 0.344 e. The van der Waals surface area contributed by atoms with Gasteiger partial charge in [0.1, 0.15) is 5.71 Å². The number of nitrogens with zero attached hydrogens (tertiary/aromatic N) is 4. The normalized spacial score (nSPS) is 30.2. The fourth-order valence-electron chi connectivity index (χ4n) is 7.92. The van der Waals surface area contributed by atoms with Crippen LogP contribution in [0, 0.1) is 11.8 Å². The van der Waals surface area contributed by atoms with Crippen LogP contribution < -0.4 is 5.56 Å². The predicted octanol–water partition coefficient (Wildman–Crippen LogP) is 5.77. The van der Waals surface area contributed by atoms with Crippen LogP contribution in [-0.4, -0.2) is 56.0 Å². The quantitative estimate of drug-likeness (QED) is 0.340. The van der Waals surface area contributed by atoms with Crippen molar-refractivity contribution < 1.29 is 14.7 Å². The van der Waals surface area contributed by atoms with Crippen LogP contribution in [-0.2, 0) is 9.63 Å². The molecule has 2 aromatic rings. The van der Waals surface area contributed by atoms with Gasteiger partial charge in [0.25, 0.3) is 5.56 Å². The number of carboxylic acids is 1. The van der Waals surface area contributed by atoms with Gasteiger partial charge in [-0.3, -0.25) is 9.69 Å². The van der Waals surface area contributed by atoms with E-state index in [9.17, 15) is 9.59 Å². The first kappa shape index (κ1) is 27.8. The van der Waals surface area contributed by atoms with Crippen LogP contribution in [0.5, 0.6) is 0 Å². The SMILES string of the molecule is CC[C@@H]1CC(n2c(=O)c(/C(C)=N/OCC(=O)O)nc3ccccc32)C[C@H](CC)N1C1C[C@H]2CCCC[C@@H](C1)C2. The molecule has 6 atom stereocenters. The molecule has 2 bridgehead atoms. The van der Waals surface area contributed by atoms with Crippen molar-refractivity contribution in [3.8, 4) is 0 Å². The number of carbonyl (C=O) groups is 1. The zero-order valence-electron chi connectivity index (χ0n) is 23.7. The van der Waals surface area contributed by atoms with E-state index in [0.29, 0.717) is 23.8 Å². The van der Waals surface area contributed by atoms with E-state index in [1.807, 2.05) is 28.8 Å². The van der Waals surface area contributed by atoms with Crippen LogP contribution in [0.2, 0.25) is 0 Å². The summed E-state index contributed by atoms with van der Waals surface area (Å²) < 4.78 is 1.96. The number of benzene rings is 1. The second-order valence-corrected chi connectivity index (χ2v) is 12.0. The molecule has 212 valence electrons. The van der Waals surface area contributed by atoms with Crippen molar-refractivity contribution in [3.05, 3.63) is 40.3 Å². The van der Waals surface area contributed by atoms with Gasteiger partial charge in [0, 0.05) is 24.2 Å². The lowest BCUT2D eigenvalue weighted by molar-refractivity contribution is -0.142. The van der Waals surface area contributed by atoms with E-state index in [0.717, 1.165) is 48.6 Å². The van der Waals surface area contributed by atoms with Gasteiger partial charge in [-0.15, -0.1) is 0 Å². The number of hydrogen-bond donors (Lipinski definition) is 1. The molecule has 39 heavy (non-hydrogen) atoms. The van der Waals surface area contributed by atoms with Crippen LogP contribution in [0.25, 0.3) is 11.0 Å². The van der Waals surface area contributed by atoms with Gasteiger partial charge in [-0.05, 0) is 75.8 Å². The third-order valence-electron chi connectivity index (χ3n) is 9.54. The summed E-state index contributed by atoms with van der Waals surface area (Å²) >= 11 is 0. The molecule has 2 heterocycles. The third-order valence-corrected chi connectivity index (χ3v) is 9.54. The number of aliphatic carboxylic acids is 1. The van der Waals surface area contributed by atoms with Crippen LogP contribution in [0.4, 0.5) is 0 Å². The largest absolute Gasteiger partial charge is 0.479 e. The number of carboxylic acid groups (broad SMARTS) is 1. The fraction of sp³-hybridized carbons (Fsp3) is 0.677. The summed E-state index contributed by atoms with van der Waals surface area (Å²) in [6.45, 7) is 5.70. The first-order valence-corrected chi connectivity index (χ1v) is 15.1. The van der Waals surface area contributed by atoms with Crippen LogP contribution in [0.15, 0.2) is 34.2 Å². The van der Waals surface area contributed by atoms with Crippen molar-refractivity contribution in [2.24, 2.45) is 17.0 Å². The molecule has 0 amide bonds. The topological polar surface area (TPSA) is 97.0 Å². The molecule has 0 radical (unpaired) electrons. The van der Waals surface area contributed by atoms with Crippen LogP contribution >= 0.6 is 0 Å². The van der Waals surface area contributed by atoms with Gasteiger partial charge in [0.05, 0.1) is 11.0 Å². The number of hydrogen-bond acceptors (Lipinski definition) is 6. The van der Waals surface area contributed by atoms with Crippen molar-refractivity contribution in [2.75, 3.05) is 6.61 Å². The second-order valence-electron chi connectivity index (χ2n) is 12.0. The zero-order valence-corrected chi connectivity index (χ0v) is 23.7. The van der Waals surface area contributed by atoms with Gasteiger partial charge in [-0.25, -0.2) is 9.78 Å². The Balaban J connectivity index is 1.49. The number of piperidine rings is 1. The van der Waals surface area contributed by atoms with E-state index >= 15 is 0 Å². The minimum absolute atomic E-state index is 0.0638. The third kappa shape index (κ3) is 5.91. The van der Waals surface area contributed by atoms with Gasteiger partial charge in [-0.1, -0.05) is 56.8 Å². The van der Waals surface area contributed by atoms with E-state index in [4.69, 9.17) is 9.94 Å². The standard InChI is InChI=1S/C31H44N4O4/c1-4-23-17-26(18-24(5-2)34(23)25-15-21-10-6-7-11-22(14-21)16-25)35-28-13-9-8-12-27(28)32-30(31(35)38)20(3)33-39-19-29(36)37/h8-9,12-13,21-26H,4-7,10-11,14-19H2,1-3H3,(H,36,37)/b33-20+/t21-,22+,23-,24+,25?,26?. The van der Waals surface area contributed by atoms with E-state index in [1.54, 1.807) is 6.92 Å². The Kier molecular flexibility index (Phi) is 8.70. The molecule has 2 unspecified atom stereocenters. The number of para-hydroxylation sites is 2. The van der Waals surface area contributed by atoms with Crippen LogP contribution in [0.3, 0.4) is 0 Å². The summed E-state index contributed by atoms with van der Waals surface area (Å²) in [7, 11) is 0. The predicted molar refractivity (Wildman–Crippen MR) is 153 cm³/mol. The summed E-state index contributed by atoms with van der Waals surface area (Å²) in [4.78, 5) is 37.3. The molecule has 3 aliphatic rings. The van der Waals surface area contributed by atoms with Crippen molar-refractivity contribution in [3.63, 3.8) is 0 Å². The minimum Gasteiger partial charge on any atom is -0.479 e. The molecule has 5 rings (SSSR count). The number of oxime groups is 1. The monoisotopic (exact) mass is 536 g/mol. The lowest BCUT2D eigenvalue weighted by atomic mass is 9.75. The lowest BCUT2D eigenvalue weighted by Crippen LogP contribution is -2.56. The van der Waals surface area contributed by atoms with Gasteiger partial charge >= 0.3 is 5.97 Å². The van der Waals surface area contributed by atoms with Crippen molar-refractivity contribution in [1.82, 2.24) is 14.5 Å². The molecular weight excluding hydrogens is 492 g/mol. The molecule has 2 aliphatic carbocycles. The number of rotatable bonds is 8. The highest BCUT2D eigenvalue weighted by Gasteiger charge is 2.42. The zero-order chi connectivity index (χ0) is 27.5. The van der Waals surface area contributed by atoms with Gasteiger partial charge in [-0.2, -0.15) is 0 Å². The van der Waals surface area contributed by atoms with Crippen molar-refractivity contribution in [2.45, 2.75) is 116 Å². The fourth-order valence-corrected chi connectivity index (χ4v) is 7.92. The van der Waals surface area contributed by atoms with Gasteiger partial charge in [0.15, 0.2) is 5.69 Å². The highest BCUT2D eigenvalue weighted by molar-refractivity contribution is 5.97. The van der Waals surface area contributed by atoms with E-state index in [1.165, 1.54) is 44.9 Å². The smallest absolute Gasteiger partial charge is 0.344 e. The minimum atomic E-state index is -1.12. The number of fused-ring (bicyclic) bond motifs is 3. The van der Waals surface area contributed by atoms with Crippen LogP contribution in [0.1, 0.15) is 103 Å². The Morgan fingerprint density at radius 1 is 1.00 bits per heavy atom. The molecular formula is C31H44N4O4. The molecule has 1 aromatic heterocycles. The summed E-state index contributed by atoms with van der Waals surface area (Å²) in [5, 5.41) is 12.8. The van der Waals surface area contributed by atoms with Crippen molar-refractivity contribution in [1.29, 1.82) is 0 Å². The van der Waals surface area contributed by atoms with E-state index < -0.39 is 12.6 Å². The average Bonchev–Trinajstić information content (AvgIpc) is 3.10. The number of aromatic nitrogens is 2. The lowest BCUT2D eigenvalue weighted by Gasteiger charge is -2.52. The van der Waals surface area contributed by atoms with Gasteiger partial charge in [0.2, 0.25) is 6.61 Å². The summed E-state index contributed by atoms with van der Waals surface area (Å²) in [5.74, 6) is 0.642. The molecule has 3 fully saturated rings. The van der Waals surface area contributed by atoms with Gasteiger partial charge < -0.3 is 14.5 Å². The summed E-state index contributed by atoms with van der Waals surface area (Å²) in [5.41, 5.74) is 1.92. The molecule has 1 saturated heterocycles. The summed E-state index contributed by atoms with van der Waals surface area (Å²) in [6.07, 6.45) is 13.7. The first-order valence-electron chi connectivity index (χ1n) is 15.1. The van der Waals surface area contributed by atoms with Crippen molar-refractivity contribution >= 4 is 22.7 Å². The summed E-state index contributed by atoms with van der Waals surface area (Å²) in [6, 6.07) is 9.40. The molecule has 1 aliphatic heterocycles.